The van der Waals surface area contributed by atoms with Crippen molar-refractivity contribution >= 4 is 17.6 Å². The molecule has 2 aromatic heterocycles. The first kappa shape index (κ1) is 14.3. The van der Waals surface area contributed by atoms with Crippen LogP contribution in [0.3, 0.4) is 0 Å². The van der Waals surface area contributed by atoms with Crippen molar-refractivity contribution in [3.63, 3.8) is 0 Å². The van der Waals surface area contributed by atoms with Gasteiger partial charge in [0.05, 0.1) is 17.6 Å². The maximum atomic E-state index is 10.7. The van der Waals surface area contributed by atoms with Gasteiger partial charge in [-0.1, -0.05) is 0 Å². The molecule has 4 N–H and O–H groups in total. The number of hydrogen-bond acceptors (Lipinski definition) is 5. The van der Waals surface area contributed by atoms with Crippen LogP contribution in [0, 0.1) is 6.92 Å². The summed E-state index contributed by atoms with van der Waals surface area (Å²) in [5, 5.41) is 29.6. The molecule has 1 aliphatic rings. The molecule has 0 aliphatic heterocycles. The predicted octanol–water partition coefficient (Wildman–Crippen LogP) is 2.16. The molecule has 1 unspecified atom stereocenters. The highest BCUT2D eigenvalue weighted by Crippen LogP contribution is 2.34. The van der Waals surface area contributed by atoms with E-state index in [0.29, 0.717) is 5.92 Å². The second-order valence-electron chi connectivity index (χ2n) is 5.52. The summed E-state index contributed by atoms with van der Waals surface area (Å²) in [6, 6.07) is 3.83. The Morgan fingerprint density at radius 3 is 3.09 bits per heavy atom. The number of hydrogen-bond donors (Lipinski definition) is 4. The number of nitrogens with zero attached hydrogens (tertiary/aromatic N) is 3. The van der Waals surface area contributed by atoms with Gasteiger partial charge in [-0.15, -0.1) is 0 Å². The maximum Gasteiger partial charge on any atom is 0.404 e. The average molecular weight is 302 g/mol. The highest BCUT2D eigenvalue weighted by molar-refractivity contribution is 5.65. The van der Waals surface area contributed by atoms with E-state index in [0.717, 1.165) is 42.2 Å². The van der Waals surface area contributed by atoms with E-state index in [-0.39, 0.29) is 6.04 Å². The van der Waals surface area contributed by atoms with Gasteiger partial charge in [0.2, 0.25) is 0 Å². The highest BCUT2D eigenvalue weighted by Gasteiger charge is 2.28. The van der Waals surface area contributed by atoms with Crippen molar-refractivity contribution < 1.29 is 9.90 Å². The molecule has 0 saturated heterocycles. The van der Waals surface area contributed by atoms with Crippen molar-refractivity contribution in [2.45, 2.75) is 38.1 Å². The summed E-state index contributed by atoms with van der Waals surface area (Å²) >= 11 is 0. The first-order valence-electron chi connectivity index (χ1n) is 7.22. The third-order valence-electron chi connectivity index (χ3n) is 3.97. The molecule has 2 aromatic rings. The number of anilines is 2. The standard InChI is InChI=1S/C14H18N6O2/c1-8-11(4-5-15-18-8)17-13-7-12(19-20-13)9-2-3-10(6-9)16-14(21)22/h4-5,7,9-10,16H,2-3,6H2,1H3,(H,21,22)(H2,15,17,19,20)/t9?,10-/m0/s1. The van der Waals surface area contributed by atoms with Gasteiger partial charge in [-0.05, 0) is 32.3 Å². The Morgan fingerprint density at radius 1 is 1.45 bits per heavy atom. The minimum absolute atomic E-state index is 0.0221. The normalized spacial score (nSPS) is 20.8. The molecule has 0 radical (unpaired) electrons. The molecule has 116 valence electrons. The van der Waals surface area contributed by atoms with Crippen LogP contribution in [0.4, 0.5) is 16.3 Å². The topological polar surface area (TPSA) is 116 Å². The monoisotopic (exact) mass is 302 g/mol. The third-order valence-corrected chi connectivity index (χ3v) is 3.97. The molecule has 0 spiro atoms. The van der Waals surface area contributed by atoms with Gasteiger partial charge in [-0.25, -0.2) is 4.79 Å². The molecule has 1 fully saturated rings. The molecule has 1 amide bonds. The zero-order chi connectivity index (χ0) is 15.5. The molecule has 22 heavy (non-hydrogen) atoms. The summed E-state index contributed by atoms with van der Waals surface area (Å²) in [5.74, 6) is 1.03. The largest absolute Gasteiger partial charge is 0.465 e. The number of carboxylic acid groups (broad SMARTS) is 1. The van der Waals surface area contributed by atoms with Crippen molar-refractivity contribution in [1.82, 2.24) is 25.7 Å². The SMILES string of the molecule is Cc1nnccc1Nc1cc(C2CC[C@H](NC(=O)O)C2)[nH]n1. The van der Waals surface area contributed by atoms with E-state index in [1.54, 1.807) is 6.20 Å². The van der Waals surface area contributed by atoms with Crippen molar-refractivity contribution in [2.75, 3.05) is 5.32 Å². The van der Waals surface area contributed by atoms with E-state index in [2.05, 4.69) is 31.0 Å². The Balaban J connectivity index is 1.65. The van der Waals surface area contributed by atoms with Crippen molar-refractivity contribution in [1.29, 1.82) is 0 Å². The van der Waals surface area contributed by atoms with Crippen LogP contribution in [0.1, 0.15) is 36.6 Å². The molecule has 1 aliphatic carbocycles. The zero-order valence-electron chi connectivity index (χ0n) is 12.2. The van der Waals surface area contributed by atoms with E-state index in [4.69, 9.17) is 5.11 Å². The van der Waals surface area contributed by atoms with Crippen molar-refractivity contribution in [3.8, 4) is 0 Å². The van der Waals surface area contributed by atoms with E-state index >= 15 is 0 Å². The predicted molar refractivity (Wildman–Crippen MR) is 80.2 cm³/mol. The quantitative estimate of drug-likeness (QED) is 0.687. The molecule has 2 heterocycles. The summed E-state index contributed by atoms with van der Waals surface area (Å²) in [6.07, 6.45) is 3.26. The van der Waals surface area contributed by atoms with Gasteiger partial charge < -0.3 is 15.7 Å². The molecule has 0 aromatic carbocycles. The third kappa shape index (κ3) is 3.16. The van der Waals surface area contributed by atoms with Crippen LogP contribution in [0.2, 0.25) is 0 Å². The highest BCUT2D eigenvalue weighted by atomic mass is 16.4. The molecule has 8 heteroatoms. The van der Waals surface area contributed by atoms with E-state index in [1.807, 2.05) is 19.1 Å². The summed E-state index contributed by atoms with van der Waals surface area (Å²) < 4.78 is 0. The summed E-state index contributed by atoms with van der Waals surface area (Å²) in [5.41, 5.74) is 2.69. The van der Waals surface area contributed by atoms with E-state index < -0.39 is 6.09 Å². The molecule has 2 atom stereocenters. The molecular weight excluding hydrogens is 284 g/mol. The molecule has 1 saturated carbocycles. The summed E-state index contributed by atoms with van der Waals surface area (Å²) in [6.45, 7) is 1.88. The number of aryl methyl sites for hydroxylation is 1. The fraction of sp³-hybridized carbons (Fsp3) is 0.429. The van der Waals surface area contributed by atoms with E-state index in [1.165, 1.54) is 0 Å². The fourth-order valence-corrected chi connectivity index (χ4v) is 2.85. The minimum atomic E-state index is -0.960. The van der Waals surface area contributed by atoms with Gasteiger partial charge in [0.1, 0.15) is 0 Å². The van der Waals surface area contributed by atoms with Crippen molar-refractivity contribution in [2.24, 2.45) is 0 Å². The van der Waals surface area contributed by atoms with Crippen molar-refractivity contribution in [3.05, 3.63) is 29.7 Å². The van der Waals surface area contributed by atoms with Gasteiger partial charge >= 0.3 is 6.09 Å². The van der Waals surface area contributed by atoms with Gasteiger partial charge in [0.15, 0.2) is 5.82 Å². The molecular formula is C14H18N6O2. The molecule has 0 bridgehead atoms. The summed E-state index contributed by atoms with van der Waals surface area (Å²) in [7, 11) is 0. The second-order valence-corrected chi connectivity index (χ2v) is 5.52. The Hall–Kier alpha value is -2.64. The Bertz CT molecular complexity index is 671. The number of rotatable bonds is 4. The number of aromatic amines is 1. The lowest BCUT2D eigenvalue weighted by Gasteiger charge is -2.09. The first-order valence-corrected chi connectivity index (χ1v) is 7.22. The zero-order valence-corrected chi connectivity index (χ0v) is 12.2. The maximum absolute atomic E-state index is 10.7. The summed E-state index contributed by atoms with van der Waals surface area (Å²) in [4.78, 5) is 10.7. The Morgan fingerprint density at radius 2 is 2.32 bits per heavy atom. The molecule has 3 rings (SSSR count). The number of aromatic nitrogens is 4. The van der Waals surface area contributed by atoms with Crippen LogP contribution in [0.5, 0.6) is 0 Å². The molecule has 8 nitrogen and oxygen atoms in total. The fourth-order valence-electron chi connectivity index (χ4n) is 2.85. The number of H-pyrrole nitrogens is 1. The van der Waals surface area contributed by atoms with Crippen LogP contribution in [-0.2, 0) is 0 Å². The van der Waals surface area contributed by atoms with Gasteiger partial charge in [0, 0.05) is 23.7 Å². The number of carbonyl (C=O) groups is 1. The lowest BCUT2D eigenvalue weighted by atomic mass is 10.0. The van der Waals surface area contributed by atoms with Crippen LogP contribution in [-0.4, -0.2) is 37.6 Å². The van der Waals surface area contributed by atoms with Gasteiger partial charge in [-0.2, -0.15) is 15.3 Å². The second kappa shape index (κ2) is 6.00. The van der Waals surface area contributed by atoms with E-state index in [9.17, 15) is 4.79 Å². The van der Waals surface area contributed by atoms with Crippen LogP contribution in [0.25, 0.3) is 0 Å². The lowest BCUT2D eigenvalue weighted by molar-refractivity contribution is 0.190. The average Bonchev–Trinajstić information content (AvgIpc) is 3.10. The lowest BCUT2D eigenvalue weighted by Crippen LogP contribution is -2.31. The van der Waals surface area contributed by atoms with Gasteiger partial charge in [-0.3, -0.25) is 5.10 Å². The van der Waals surface area contributed by atoms with Crippen LogP contribution >= 0.6 is 0 Å². The number of amides is 1. The Labute approximate surface area is 127 Å². The van der Waals surface area contributed by atoms with Crippen LogP contribution in [0.15, 0.2) is 18.3 Å². The smallest absolute Gasteiger partial charge is 0.404 e. The van der Waals surface area contributed by atoms with Crippen LogP contribution < -0.4 is 10.6 Å². The van der Waals surface area contributed by atoms with Gasteiger partial charge in [0.25, 0.3) is 0 Å². The minimum Gasteiger partial charge on any atom is -0.465 e. The first-order chi connectivity index (χ1) is 10.6. The Kier molecular flexibility index (Phi) is 3.90. The number of nitrogens with one attached hydrogen (secondary N) is 3.